The van der Waals surface area contributed by atoms with E-state index in [1.54, 1.807) is 0 Å². The number of hydrogen-bond acceptors (Lipinski definition) is 6. The second-order valence-electron chi connectivity index (χ2n) is 12.8. The van der Waals surface area contributed by atoms with Crippen LogP contribution in [0, 0.1) is 5.41 Å². The van der Waals surface area contributed by atoms with Crippen molar-refractivity contribution in [3.05, 3.63) is 77.4 Å². The molecule has 0 saturated carbocycles. The standard InChI is InChI=1S/C39H49NO4.H4N2/c1-5-7-16-30-17-12-13-18-34(30)38-36(26-39(3,4)27-44-28-42)35-25-31(19-20-37(35)40(38)6-2)32-22-29(23-33(43)24-32)15-11-9-8-10-14-21-41;1-2/h12-13,17-25,28,43H,5-11,14-16,26-27H2,1-4H3;1-2H2. The molecule has 0 aliphatic heterocycles. The minimum Gasteiger partial charge on any atom is -0.508 e. The van der Waals surface area contributed by atoms with Gasteiger partial charge in [-0.3, -0.25) is 16.5 Å². The highest BCUT2D eigenvalue weighted by atomic mass is 16.5. The van der Waals surface area contributed by atoms with Gasteiger partial charge >= 0.3 is 0 Å². The fraction of sp³-hybridized carbons (Fsp3) is 0.436. The maximum atomic E-state index is 11.1. The van der Waals surface area contributed by atoms with Crippen molar-refractivity contribution in [3.8, 4) is 28.1 Å². The molecule has 0 bridgehead atoms. The second-order valence-corrected chi connectivity index (χ2v) is 12.8. The fourth-order valence-corrected chi connectivity index (χ4v) is 6.44. The van der Waals surface area contributed by atoms with E-state index in [2.05, 4.69) is 92.5 Å². The van der Waals surface area contributed by atoms with E-state index >= 15 is 0 Å². The number of ether oxygens (including phenoxy) is 1. The third-order valence-electron chi connectivity index (χ3n) is 8.60. The van der Waals surface area contributed by atoms with Crippen LogP contribution in [0.15, 0.2) is 60.7 Å². The van der Waals surface area contributed by atoms with Crippen molar-refractivity contribution >= 4 is 23.7 Å². The normalized spacial score (nSPS) is 11.3. The molecule has 4 aromatic rings. The molecule has 0 radical (unpaired) electrons. The van der Waals surface area contributed by atoms with E-state index < -0.39 is 0 Å². The number of fused-ring (bicyclic) bond motifs is 1. The number of nitrogens with two attached hydrogens (primary N) is 2. The van der Waals surface area contributed by atoms with Crippen molar-refractivity contribution in [2.45, 2.75) is 98.4 Å². The summed E-state index contributed by atoms with van der Waals surface area (Å²) in [7, 11) is 0. The van der Waals surface area contributed by atoms with Gasteiger partial charge in [-0.25, -0.2) is 0 Å². The molecule has 0 atom stereocenters. The minimum absolute atomic E-state index is 0.263. The topological polar surface area (TPSA) is 121 Å². The number of aldehydes is 1. The van der Waals surface area contributed by atoms with Gasteiger partial charge in [0, 0.05) is 34.8 Å². The summed E-state index contributed by atoms with van der Waals surface area (Å²) in [6.07, 6.45) is 10.7. The van der Waals surface area contributed by atoms with E-state index in [4.69, 9.17) is 4.74 Å². The van der Waals surface area contributed by atoms with Crippen LogP contribution < -0.4 is 11.7 Å². The zero-order chi connectivity index (χ0) is 33.5. The Hall–Kier alpha value is -3.94. The molecule has 0 amide bonds. The van der Waals surface area contributed by atoms with E-state index in [1.165, 1.54) is 33.3 Å². The van der Waals surface area contributed by atoms with Gasteiger partial charge in [0.25, 0.3) is 6.47 Å². The van der Waals surface area contributed by atoms with Gasteiger partial charge in [-0.2, -0.15) is 0 Å². The summed E-state index contributed by atoms with van der Waals surface area (Å²) >= 11 is 0. The Morgan fingerprint density at radius 1 is 0.870 bits per heavy atom. The summed E-state index contributed by atoms with van der Waals surface area (Å²) in [6.45, 7) is 10.5. The Morgan fingerprint density at radius 3 is 2.35 bits per heavy atom. The van der Waals surface area contributed by atoms with Crippen molar-refractivity contribution in [1.82, 2.24) is 4.57 Å². The van der Waals surface area contributed by atoms with E-state index in [-0.39, 0.29) is 11.2 Å². The van der Waals surface area contributed by atoms with Crippen molar-refractivity contribution in [2.75, 3.05) is 6.61 Å². The molecule has 5 N–H and O–H groups in total. The summed E-state index contributed by atoms with van der Waals surface area (Å²) in [4.78, 5) is 21.7. The fourth-order valence-electron chi connectivity index (χ4n) is 6.44. The zero-order valence-corrected chi connectivity index (χ0v) is 28.2. The van der Waals surface area contributed by atoms with Crippen LogP contribution in [0.3, 0.4) is 0 Å². The molecule has 7 nitrogen and oxygen atoms in total. The highest BCUT2D eigenvalue weighted by Crippen LogP contribution is 2.41. The first-order valence-corrected chi connectivity index (χ1v) is 16.7. The Balaban J connectivity index is 0.00000282. The van der Waals surface area contributed by atoms with Crippen molar-refractivity contribution in [1.29, 1.82) is 0 Å². The number of carbonyl (C=O) groups is 2. The van der Waals surface area contributed by atoms with Crippen LogP contribution in [0.4, 0.5) is 0 Å². The largest absolute Gasteiger partial charge is 0.508 e. The van der Waals surface area contributed by atoms with Crippen LogP contribution in [-0.4, -0.2) is 29.0 Å². The van der Waals surface area contributed by atoms with E-state index in [1.807, 2.05) is 12.1 Å². The lowest BCUT2D eigenvalue weighted by molar-refractivity contribution is -0.131. The van der Waals surface area contributed by atoms with Gasteiger partial charge in [0.1, 0.15) is 12.0 Å². The molecule has 3 aromatic carbocycles. The lowest BCUT2D eigenvalue weighted by Crippen LogP contribution is -2.22. The average molecular weight is 628 g/mol. The number of phenolic OH excluding ortho intramolecular Hbond substituents is 1. The maximum Gasteiger partial charge on any atom is 0.293 e. The molecule has 46 heavy (non-hydrogen) atoms. The number of phenols is 1. The van der Waals surface area contributed by atoms with Crippen molar-refractivity contribution in [2.24, 2.45) is 17.1 Å². The molecule has 4 rings (SSSR count). The molecule has 0 aliphatic rings. The van der Waals surface area contributed by atoms with Gasteiger partial charge in [0.05, 0.1) is 12.3 Å². The number of aromatic nitrogens is 1. The second kappa shape index (κ2) is 18.3. The molecule has 0 fully saturated rings. The minimum atomic E-state index is -0.263. The predicted octanol–water partition coefficient (Wildman–Crippen LogP) is 8.30. The summed E-state index contributed by atoms with van der Waals surface area (Å²) in [5.74, 6) is 8.28. The Bertz CT molecular complexity index is 1560. The maximum absolute atomic E-state index is 11.1. The summed E-state index contributed by atoms with van der Waals surface area (Å²) in [6, 6.07) is 21.4. The Morgan fingerprint density at radius 2 is 1.63 bits per heavy atom. The third kappa shape index (κ3) is 9.54. The van der Waals surface area contributed by atoms with Crippen LogP contribution in [0.25, 0.3) is 33.3 Å². The van der Waals surface area contributed by atoms with E-state index in [0.29, 0.717) is 19.5 Å². The molecule has 7 heteroatoms. The number of aryl methyl sites for hydroxylation is 3. The van der Waals surface area contributed by atoms with Crippen molar-refractivity contribution < 1.29 is 19.4 Å². The van der Waals surface area contributed by atoms with Crippen LogP contribution in [0.5, 0.6) is 5.75 Å². The molecule has 0 aliphatic carbocycles. The van der Waals surface area contributed by atoms with Crippen LogP contribution in [0.1, 0.15) is 89.3 Å². The van der Waals surface area contributed by atoms with E-state index in [0.717, 1.165) is 87.3 Å². The van der Waals surface area contributed by atoms with Gasteiger partial charge < -0.3 is 19.2 Å². The predicted molar refractivity (Wildman–Crippen MR) is 189 cm³/mol. The van der Waals surface area contributed by atoms with E-state index in [9.17, 15) is 14.7 Å². The smallest absolute Gasteiger partial charge is 0.293 e. The highest BCUT2D eigenvalue weighted by molar-refractivity contribution is 5.95. The molecule has 0 saturated heterocycles. The molecule has 0 unspecified atom stereocenters. The average Bonchev–Trinajstić information content (AvgIpc) is 3.36. The van der Waals surface area contributed by atoms with Gasteiger partial charge in [-0.1, -0.05) is 76.4 Å². The third-order valence-corrected chi connectivity index (χ3v) is 8.60. The first-order valence-electron chi connectivity index (χ1n) is 16.7. The summed E-state index contributed by atoms with van der Waals surface area (Å²) in [5, 5.41) is 11.9. The Kier molecular flexibility index (Phi) is 14.5. The Labute approximate surface area is 274 Å². The number of hydrogen-bond donors (Lipinski definition) is 3. The lowest BCUT2D eigenvalue weighted by atomic mass is 9.83. The quantitative estimate of drug-likeness (QED) is 0.0442. The zero-order valence-electron chi connectivity index (χ0n) is 28.2. The van der Waals surface area contributed by atoms with Crippen LogP contribution >= 0.6 is 0 Å². The van der Waals surface area contributed by atoms with Crippen molar-refractivity contribution in [3.63, 3.8) is 0 Å². The van der Waals surface area contributed by atoms with Crippen LogP contribution in [0.2, 0.25) is 0 Å². The van der Waals surface area contributed by atoms with Crippen LogP contribution in [-0.2, 0) is 40.1 Å². The lowest BCUT2D eigenvalue weighted by Gasteiger charge is -2.24. The van der Waals surface area contributed by atoms with Gasteiger partial charge in [-0.05, 0) is 97.5 Å². The molecular formula is C39H53N3O4. The summed E-state index contributed by atoms with van der Waals surface area (Å²) < 4.78 is 7.73. The number of aromatic hydroxyl groups is 1. The molecular weight excluding hydrogens is 574 g/mol. The first-order chi connectivity index (χ1) is 22.3. The highest BCUT2D eigenvalue weighted by Gasteiger charge is 2.27. The van der Waals surface area contributed by atoms with Gasteiger partial charge in [0.15, 0.2) is 0 Å². The summed E-state index contributed by atoms with van der Waals surface area (Å²) in [5.41, 5.74) is 9.28. The number of nitrogens with zero attached hydrogens (tertiary/aromatic N) is 1. The molecule has 1 aromatic heterocycles. The first kappa shape index (κ1) is 36.5. The van der Waals surface area contributed by atoms with Gasteiger partial charge in [-0.15, -0.1) is 0 Å². The number of unbranched alkanes of at least 4 members (excludes halogenated alkanes) is 5. The number of hydrazine groups is 1. The molecule has 1 heterocycles. The van der Waals surface area contributed by atoms with Gasteiger partial charge in [0.2, 0.25) is 0 Å². The number of benzene rings is 3. The monoisotopic (exact) mass is 627 g/mol. The SMILES string of the molecule is CCCCc1ccccc1-c1c(CC(C)(C)COC=O)c2cc(-c3cc(O)cc(CCCCCCC=O)c3)ccc2n1CC.NN. The molecule has 248 valence electrons. The number of rotatable bonds is 18. The number of carbonyl (C=O) groups excluding carboxylic acids is 2. The molecule has 0 spiro atoms.